The van der Waals surface area contributed by atoms with E-state index in [-0.39, 0.29) is 19.0 Å². The first-order chi connectivity index (χ1) is 10.2. The molecule has 2 aromatic carbocycles. The minimum absolute atomic E-state index is 0.0546. The number of para-hydroxylation sites is 1. The van der Waals surface area contributed by atoms with Crippen LogP contribution in [0.15, 0.2) is 54.6 Å². The molecular formula is C17H18O4. The normalized spacial score (nSPS) is 11.9. The van der Waals surface area contributed by atoms with Gasteiger partial charge in [-0.25, -0.2) is 0 Å². The average molecular weight is 286 g/mol. The van der Waals surface area contributed by atoms with Crippen LogP contribution in [0.25, 0.3) is 0 Å². The van der Waals surface area contributed by atoms with Gasteiger partial charge in [0.05, 0.1) is 5.56 Å². The molecule has 0 aromatic heterocycles. The molecule has 0 saturated heterocycles. The zero-order chi connectivity index (χ0) is 15.1. The Labute approximate surface area is 123 Å². The Kier molecular flexibility index (Phi) is 5.49. The van der Waals surface area contributed by atoms with Crippen LogP contribution in [0.4, 0.5) is 0 Å². The summed E-state index contributed by atoms with van der Waals surface area (Å²) in [6.45, 7) is 0.0546. The van der Waals surface area contributed by atoms with Gasteiger partial charge < -0.3 is 14.6 Å². The van der Waals surface area contributed by atoms with Gasteiger partial charge in [0.15, 0.2) is 12.6 Å². The molecule has 0 aliphatic carbocycles. The Bertz CT molecular complexity index is 580. The fraction of sp³-hybridized carbons (Fsp3) is 0.235. The summed E-state index contributed by atoms with van der Waals surface area (Å²) >= 11 is 0. The topological polar surface area (TPSA) is 55.8 Å². The maximum atomic E-state index is 12.4. The highest BCUT2D eigenvalue weighted by Gasteiger charge is 2.21. The molecule has 0 radical (unpaired) electrons. The largest absolute Gasteiger partial charge is 0.467 e. The molecule has 0 aliphatic rings. The summed E-state index contributed by atoms with van der Waals surface area (Å²) in [5, 5.41) is 10.1. The smallest absolute Gasteiger partial charge is 0.195 e. The lowest BCUT2D eigenvalue weighted by Crippen LogP contribution is -2.23. The summed E-state index contributed by atoms with van der Waals surface area (Å²) in [7, 11) is 1.51. The first-order valence-corrected chi connectivity index (χ1v) is 6.69. The van der Waals surface area contributed by atoms with Crippen LogP contribution in [0.5, 0.6) is 5.75 Å². The Morgan fingerprint density at radius 3 is 2.48 bits per heavy atom. The van der Waals surface area contributed by atoms with E-state index in [1.807, 2.05) is 30.3 Å². The highest BCUT2D eigenvalue weighted by atomic mass is 16.7. The number of ether oxygens (including phenoxy) is 2. The quantitative estimate of drug-likeness (QED) is 0.627. The van der Waals surface area contributed by atoms with Crippen LogP contribution in [0, 0.1) is 0 Å². The molecular weight excluding hydrogens is 268 g/mol. The fourth-order valence-corrected chi connectivity index (χ4v) is 2.03. The first kappa shape index (κ1) is 15.2. The third-order valence-corrected chi connectivity index (χ3v) is 3.06. The molecule has 1 N–H and O–H groups in total. The number of hydrogen-bond donors (Lipinski definition) is 1. The summed E-state index contributed by atoms with van der Waals surface area (Å²) in [6, 6.07) is 16.2. The van der Waals surface area contributed by atoms with E-state index in [1.54, 1.807) is 24.3 Å². The van der Waals surface area contributed by atoms with Crippen LogP contribution in [-0.2, 0) is 11.2 Å². The number of hydrogen-bond acceptors (Lipinski definition) is 4. The van der Waals surface area contributed by atoms with Gasteiger partial charge >= 0.3 is 0 Å². The number of aliphatic hydroxyl groups is 1. The lowest BCUT2D eigenvalue weighted by molar-refractivity contribution is 0.0491. The number of benzene rings is 2. The van der Waals surface area contributed by atoms with Crippen molar-refractivity contribution in [3.8, 4) is 5.75 Å². The van der Waals surface area contributed by atoms with Gasteiger partial charge in [0.25, 0.3) is 0 Å². The van der Waals surface area contributed by atoms with Gasteiger partial charge in [0.1, 0.15) is 11.9 Å². The number of carbonyl (C=O) groups excluding carboxylic acids is 1. The van der Waals surface area contributed by atoms with Crippen molar-refractivity contribution in [2.45, 2.75) is 12.5 Å². The van der Waals surface area contributed by atoms with E-state index in [1.165, 1.54) is 7.11 Å². The molecule has 0 amide bonds. The van der Waals surface area contributed by atoms with Crippen LogP contribution in [0.2, 0.25) is 0 Å². The zero-order valence-electron chi connectivity index (χ0n) is 11.9. The molecule has 0 spiro atoms. The summed E-state index contributed by atoms with van der Waals surface area (Å²) in [6.07, 6.45) is -0.821. The van der Waals surface area contributed by atoms with Crippen molar-refractivity contribution in [2.24, 2.45) is 0 Å². The van der Waals surface area contributed by atoms with Crippen molar-refractivity contribution in [3.63, 3.8) is 0 Å². The molecule has 1 unspecified atom stereocenters. The van der Waals surface area contributed by atoms with Crippen LogP contribution < -0.4 is 4.74 Å². The van der Waals surface area contributed by atoms with Crippen molar-refractivity contribution in [3.05, 3.63) is 65.7 Å². The molecule has 4 nitrogen and oxygen atoms in total. The monoisotopic (exact) mass is 286 g/mol. The molecule has 0 fully saturated rings. The van der Waals surface area contributed by atoms with Crippen molar-refractivity contribution < 1.29 is 19.4 Å². The van der Waals surface area contributed by atoms with E-state index in [2.05, 4.69) is 0 Å². The zero-order valence-corrected chi connectivity index (χ0v) is 11.9. The van der Waals surface area contributed by atoms with Crippen molar-refractivity contribution in [1.29, 1.82) is 0 Å². The maximum Gasteiger partial charge on any atom is 0.195 e. The molecule has 0 bridgehead atoms. The SMILES string of the molecule is COCOc1ccccc1C(=O)C(O)Cc1ccccc1. The van der Waals surface area contributed by atoms with Crippen molar-refractivity contribution in [1.82, 2.24) is 0 Å². The number of carbonyl (C=O) groups is 1. The van der Waals surface area contributed by atoms with Gasteiger partial charge in [-0.3, -0.25) is 4.79 Å². The maximum absolute atomic E-state index is 12.4. The number of Topliss-reactive ketones (excluding diaryl/α,β-unsaturated/α-hetero) is 1. The summed E-state index contributed by atoms with van der Waals surface area (Å²) < 4.78 is 10.2. The Morgan fingerprint density at radius 2 is 1.76 bits per heavy atom. The van der Waals surface area contributed by atoms with Gasteiger partial charge in [0, 0.05) is 13.5 Å². The molecule has 0 aliphatic heterocycles. The lowest BCUT2D eigenvalue weighted by atomic mass is 9.99. The number of methoxy groups -OCH3 is 1. The first-order valence-electron chi connectivity index (χ1n) is 6.69. The second kappa shape index (κ2) is 7.57. The van der Waals surface area contributed by atoms with E-state index < -0.39 is 6.10 Å². The number of aliphatic hydroxyl groups excluding tert-OH is 1. The number of ketones is 1. The van der Waals surface area contributed by atoms with E-state index in [0.717, 1.165) is 5.56 Å². The molecule has 4 heteroatoms. The minimum Gasteiger partial charge on any atom is -0.467 e. The van der Waals surface area contributed by atoms with Crippen LogP contribution in [-0.4, -0.2) is 30.9 Å². The van der Waals surface area contributed by atoms with Crippen LogP contribution in [0.1, 0.15) is 15.9 Å². The lowest BCUT2D eigenvalue weighted by Gasteiger charge is -2.13. The van der Waals surface area contributed by atoms with Crippen LogP contribution in [0.3, 0.4) is 0 Å². The molecule has 2 aromatic rings. The predicted molar refractivity (Wildman–Crippen MR) is 79.4 cm³/mol. The Morgan fingerprint density at radius 1 is 1.10 bits per heavy atom. The number of rotatable bonds is 7. The second-order valence-electron chi connectivity index (χ2n) is 4.62. The molecule has 110 valence electrons. The average Bonchev–Trinajstić information content (AvgIpc) is 2.53. The molecule has 0 saturated carbocycles. The molecule has 1 atom stereocenters. The standard InChI is InChI=1S/C17H18O4/c1-20-12-21-16-10-6-5-9-14(16)17(19)15(18)11-13-7-3-2-4-8-13/h2-10,15,18H,11-12H2,1H3. The van der Waals surface area contributed by atoms with E-state index in [0.29, 0.717) is 11.3 Å². The van der Waals surface area contributed by atoms with Crippen molar-refractivity contribution >= 4 is 5.78 Å². The van der Waals surface area contributed by atoms with Gasteiger partial charge in [-0.05, 0) is 17.7 Å². The Balaban J connectivity index is 2.12. The third-order valence-electron chi connectivity index (χ3n) is 3.06. The van der Waals surface area contributed by atoms with Gasteiger partial charge in [-0.1, -0.05) is 42.5 Å². The molecule has 21 heavy (non-hydrogen) atoms. The highest BCUT2D eigenvalue weighted by Crippen LogP contribution is 2.20. The second-order valence-corrected chi connectivity index (χ2v) is 4.62. The molecule has 0 heterocycles. The summed E-state index contributed by atoms with van der Waals surface area (Å²) in [5.41, 5.74) is 1.27. The third kappa shape index (κ3) is 4.15. The van der Waals surface area contributed by atoms with E-state index in [4.69, 9.17) is 9.47 Å². The fourth-order valence-electron chi connectivity index (χ4n) is 2.03. The highest BCUT2D eigenvalue weighted by molar-refractivity contribution is 6.01. The van der Waals surface area contributed by atoms with Gasteiger partial charge in [-0.2, -0.15) is 0 Å². The minimum atomic E-state index is -1.10. The van der Waals surface area contributed by atoms with E-state index >= 15 is 0 Å². The summed E-state index contributed by atoms with van der Waals surface area (Å²) in [4.78, 5) is 12.4. The summed E-state index contributed by atoms with van der Waals surface area (Å²) in [5.74, 6) is 0.0574. The molecule has 2 rings (SSSR count). The predicted octanol–water partition coefficient (Wildman–Crippen LogP) is 2.46. The van der Waals surface area contributed by atoms with Gasteiger partial charge in [0.2, 0.25) is 0 Å². The van der Waals surface area contributed by atoms with Gasteiger partial charge in [-0.15, -0.1) is 0 Å². The van der Waals surface area contributed by atoms with E-state index in [9.17, 15) is 9.90 Å². The van der Waals surface area contributed by atoms with Crippen molar-refractivity contribution in [2.75, 3.05) is 13.9 Å². The van der Waals surface area contributed by atoms with Crippen LogP contribution >= 0.6 is 0 Å². The Hall–Kier alpha value is -2.17.